The van der Waals surface area contributed by atoms with Gasteiger partial charge >= 0.3 is 0 Å². The number of hydrogen-bond acceptors (Lipinski definition) is 5. The molecule has 2 aromatic carbocycles. The molecule has 1 aliphatic heterocycles. The second-order valence-electron chi connectivity index (χ2n) is 6.16. The van der Waals surface area contributed by atoms with Gasteiger partial charge in [-0.2, -0.15) is 0 Å². The van der Waals surface area contributed by atoms with E-state index in [0.717, 1.165) is 16.7 Å². The highest BCUT2D eigenvalue weighted by atomic mass is 19.1. The minimum atomic E-state index is -0.313. The first-order valence-corrected chi connectivity index (χ1v) is 8.53. The fourth-order valence-corrected chi connectivity index (χ4v) is 2.87. The van der Waals surface area contributed by atoms with Gasteiger partial charge in [-0.15, -0.1) is 0 Å². The Hall–Kier alpha value is -3.35. The van der Waals surface area contributed by atoms with E-state index < -0.39 is 0 Å². The van der Waals surface area contributed by atoms with E-state index in [9.17, 15) is 9.18 Å². The van der Waals surface area contributed by atoms with Crippen molar-refractivity contribution in [2.75, 3.05) is 6.79 Å². The Morgan fingerprint density at radius 1 is 1.11 bits per heavy atom. The Morgan fingerprint density at radius 3 is 2.78 bits per heavy atom. The van der Waals surface area contributed by atoms with Crippen LogP contribution in [-0.2, 0) is 17.8 Å². The number of fused-ring (bicyclic) bond motifs is 1. The third-order valence-electron chi connectivity index (χ3n) is 4.31. The fourth-order valence-electron chi connectivity index (χ4n) is 2.87. The number of carbonyl (C=O) groups is 1. The third kappa shape index (κ3) is 3.92. The second kappa shape index (κ2) is 7.49. The number of amides is 1. The molecule has 0 spiro atoms. The molecule has 7 heteroatoms. The first kappa shape index (κ1) is 17.1. The molecule has 0 unspecified atom stereocenters. The molecule has 6 nitrogen and oxygen atoms in total. The summed E-state index contributed by atoms with van der Waals surface area (Å²) < 4.78 is 28.7. The van der Waals surface area contributed by atoms with Crippen LogP contribution in [-0.4, -0.2) is 17.9 Å². The first-order valence-electron chi connectivity index (χ1n) is 8.53. The molecule has 0 aliphatic carbocycles. The normalized spacial score (nSPS) is 12.2. The Labute approximate surface area is 154 Å². The van der Waals surface area contributed by atoms with Crippen LogP contribution in [0.4, 0.5) is 4.39 Å². The predicted octanol–water partition coefficient (Wildman–Crippen LogP) is 3.46. The van der Waals surface area contributed by atoms with Crippen molar-refractivity contribution in [2.45, 2.75) is 19.4 Å². The summed E-state index contributed by atoms with van der Waals surface area (Å²) in [5, 5.41) is 6.85. The molecule has 4 rings (SSSR count). The molecule has 1 amide bonds. The number of benzene rings is 2. The van der Waals surface area contributed by atoms with Gasteiger partial charge in [-0.3, -0.25) is 4.79 Å². The summed E-state index contributed by atoms with van der Waals surface area (Å²) in [4.78, 5) is 12.2. The van der Waals surface area contributed by atoms with E-state index in [1.807, 2.05) is 18.2 Å². The van der Waals surface area contributed by atoms with Crippen LogP contribution in [0.5, 0.6) is 11.5 Å². The van der Waals surface area contributed by atoms with E-state index in [-0.39, 0.29) is 18.5 Å². The molecule has 1 aliphatic rings. The number of nitrogens with one attached hydrogen (secondary N) is 1. The highest BCUT2D eigenvalue weighted by Crippen LogP contribution is 2.32. The molecule has 2 heterocycles. The van der Waals surface area contributed by atoms with Gasteiger partial charge in [0, 0.05) is 24.1 Å². The Bertz CT molecular complexity index is 953. The molecule has 0 bridgehead atoms. The molecule has 0 saturated heterocycles. The van der Waals surface area contributed by atoms with Gasteiger partial charge < -0.3 is 19.3 Å². The van der Waals surface area contributed by atoms with Crippen molar-refractivity contribution >= 4 is 5.91 Å². The van der Waals surface area contributed by atoms with Gasteiger partial charge in [0.2, 0.25) is 12.7 Å². The highest BCUT2D eigenvalue weighted by Gasteiger charge is 2.14. The van der Waals surface area contributed by atoms with Gasteiger partial charge in [0.15, 0.2) is 11.5 Å². The number of carbonyl (C=O) groups excluding carboxylic acids is 1. The molecule has 0 atom stereocenters. The zero-order valence-electron chi connectivity index (χ0n) is 14.4. The van der Waals surface area contributed by atoms with Gasteiger partial charge in [0.05, 0.1) is 0 Å². The van der Waals surface area contributed by atoms with E-state index in [0.29, 0.717) is 36.6 Å². The van der Waals surface area contributed by atoms with Crippen LogP contribution in [0.25, 0.3) is 11.3 Å². The summed E-state index contributed by atoms with van der Waals surface area (Å²) in [6, 6.07) is 11.6. The van der Waals surface area contributed by atoms with Gasteiger partial charge in [0.1, 0.15) is 17.8 Å². The molecule has 0 saturated carbocycles. The molecular weight excluding hydrogens is 351 g/mol. The summed E-state index contributed by atoms with van der Waals surface area (Å²) in [6.07, 6.45) is 2.28. The van der Waals surface area contributed by atoms with Crippen molar-refractivity contribution < 1.29 is 23.2 Å². The molecule has 138 valence electrons. The lowest BCUT2D eigenvalue weighted by molar-refractivity contribution is -0.121. The third-order valence-corrected chi connectivity index (χ3v) is 4.31. The van der Waals surface area contributed by atoms with Crippen LogP contribution in [0.2, 0.25) is 0 Å². The topological polar surface area (TPSA) is 73.6 Å². The van der Waals surface area contributed by atoms with Crippen molar-refractivity contribution in [3.8, 4) is 22.8 Å². The van der Waals surface area contributed by atoms with Crippen molar-refractivity contribution in [3.63, 3.8) is 0 Å². The van der Waals surface area contributed by atoms with Gasteiger partial charge in [-0.1, -0.05) is 11.2 Å². The van der Waals surface area contributed by atoms with Crippen molar-refractivity contribution in [1.29, 1.82) is 0 Å². The maximum absolute atomic E-state index is 13.1. The number of rotatable bonds is 6. The van der Waals surface area contributed by atoms with Crippen molar-refractivity contribution in [2.24, 2.45) is 0 Å². The van der Waals surface area contributed by atoms with Crippen LogP contribution >= 0.6 is 0 Å². The lowest BCUT2D eigenvalue weighted by Crippen LogP contribution is -2.23. The van der Waals surface area contributed by atoms with Crippen LogP contribution < -0.4 is 14.8 Å². The maximum atomic E-state index is 13.1. The monoisotopic (exact) mass is 368 g/mol. The van der Waals surface area contributed by atoms with Gasteiger partial charge in [-0.25, -0.2) is 4.39 Å². The van der Waals surface area contributed by atoms with E-state index in [4.69, 9.17) is 14.0 Å². The number of aryl methyl sites for hydroxylation is 1. The van der Waals surface area contributed by atoms with E-state index in [2.05, 4.69) is 10.5 Å². The largest absolute Gasteiger partial charge is 0.454 e. The van der Waals surface area contributed by atoms with Crippen LogP contribution in [0, 0.1) is 5.82 Å². The van der Waals surface area contributed by atoms with Gasteiger partial charge in [0.25, 0.3) is 0 Å². The van der Waals surface area contributed by atoms with E-state index in [1.54, 1.807) is 12.1 Å². The summed E-state index contributed by atoms with van der Waals surface area (Å²) in [5.74, 6) is 1.01. The van der Waals surface area contributed by atoms with E-state index in [1.165, 1.54) is 18.4 Å². The molecule has 1 N–H and O–H groups in total. The Morgan fingerprint density at radius 2 is 1.93 bits per heavy atom. The Balaban J connectivity index is 1.32. The quantitative estimate of drug-likeness (QED) is 0.721. The molecule has 0 fully saturated rings. The zero-order valence-corrected chi connectivity index (χ0v) is 14.4. The Kier molecular flexibility index (Phi) is 4.74. The maximum Gasteiger partial charge on any atom is 0.231 e. The molecule has 1 aromatic heterocycles. The van der Waals surface area contributed by atoms with Gasteiger partial charge in [-0.05, 0) is 48.4 Å². The number of hydrogen-bond donors (Lipinski definition) is 1. The number of aromatic nitrogens is 1. The van der Waals surface area contributed by atoms with Crippen LogP contribution in [0.3, 0.4) is 0 Å². The smallest absolute Gasteiger partial charge is 0.231 e. The second-order valence-corrected chi connectivity index (χ2v) is 6.16. The van der Waals surface area contributed by atoms with E-state index >= 15 is 0 Å². The summed E-state index contributed by atoms with van der Waals surface area (Å²) in [5.41, 5.74) is 3.11. The van der Waals surface area contributed by atoms with Crippen LogP contribution in [0.15, 0.2) is 53.3 Å². The van der Waals surface area contributed by atoms with Crippen molar-refractivity contribution in [1.82, 2.24) is 10.5 Å². The summed E-state index contributed by atoms with van der Waals surface area (Å²) >= 11 is 0. The first-order chi connectivity index (χ1) is 13.2. The minimum absolute atomic E-state index is 0.0843. The molecule has 27 heavy (non-hydrogen) atoms. The number of halogens is 1. The zero-order chi connectivity index (χ0) is 18.6. The molecule has 0 radical (unpaired) electrons. The lowest BCUT2D eigenvalue weighted by Gasteiger charge is -2.06. The standard InChI is InChI=1S/C20H17FN2O4/c21-16-5-2-14(3-6-16)20-15(11-27-23-20)4-8-19(24)22-10-13-1-7-17-18(9-13)26-12-25-17/h1-3,5-7,9,11H,4,8,10,12H2,(H,22,24). The van der Waals surface area contributed by atoms with Crippen molar-refractivity contribution in [3.05, 3.63) is 65.7 Å². The molecular formula is C20H17FN2O4. The number of ether oxygens (including phenoxy) is 2. The average molecular weight is 368 g/mol. The SMILES string of the molecule is O=C(CCc1conc1-c1ccc(F)cc1)NCc1ccc2c(c1)OCO2. The summed E-state index contributed by atoms with van der Waals surface area (Å²) in [7, 11) is 0. The van der Waals surface area contributed by atoms with Crippen LogP contribution in [0.1, 0.15) is 17.5 Å². The molecule has 3 aromatic rings. The lowest BCUT2D eigenvalue weighted by atomic mass is 10.0. The minimum Gasteiger partial charge on any atom is -0.454 e. The highest BCUT2D eigenvalue weighted by molar-refractivity contribution is 5.76. The summed E-state index contributed by atoms with van der Waals surface area (Å²) in [6.45, 7) is 0.629. The number of nitrogens with zero attached hydrogens (tertiary/aromatic N) is 1. The average Bonchev–Trinajstić information content (AvgIpc) is 3.34. The predicted molar refractivity (Wildman–Crippen MR) is 94.6 cm³/mol. The fraction of sp³-hybridized carbons (Fsp3) is 0.200.